The zero-order valence-corrected chi connectivity index (χ0v) is 14.9. The summed E-state index contributed by atoms with van der Waals surface area (Å²) in [7, 11) is 3.02. The van der Waals surface area contributed by atoms with Crippen LogP contribution in [0.1, 0.15) is 10.5 Å². The molecule has 0 fully saturated rings. The van der Waals surface area contributed by atoms with Gasteiger partial charge in [-0.15, -0.1) is 0 Å². The molecule has 1 amide bonds. The first-order valence-electron chi connectivity index (χ1n) is 8.15. The van der Waals surface area contributed by atoms with Crippen LogP contribution in [-0.2, 0) is 9.53 Å². The minimum atomic E-state index is -0.663. The number of carbonyl (C=O) groups is 2. The number of hydrogen-bond acceptors (Lipinski definition) is 6. The number of ether oxygens (including phenoxy) is 3. The van der Waals surface area contributed by atoms with E-state index in [1.54, 1.807) is 30.3 Å². The third-order valence-corrected chi connectivity index (χ3v) is 3.88. The SMILES string of the molecule is COc1ccc(NC(=O)COC(=O)c2nccc3ccccc23)c(OC)c1. The van der Waals surface area contributed by atoms with E-state index in [0.717, 1.165) is 5.39 Å². The summed E-state index contributed by atoms with van der Waals surface area (Å²) in [6, 6.07) is 14.1. The Morgan fingerprint density at radius 2 is 1.85 bits per heavy atom. The van der Waals surface area contributed by atoms with Gasteiger partial charge in [0.05, 0.1) is 19.9 Å². The monoisotopic (exact) mass is 366 g/mol. The molecule has 0 aliphatic heterocycles. The van der Waals surface area contributed by atoms with Crippen LogP contribution < -0.4 is 14.8 Å². The van der Waals surface area contributed by atoms with Crippen LogP contribution in [0, 0.1) is 0 Å². The molecule has 2 aromatic carbocycles. The first kappa shape index (κ1) is 18.2. The highest BCUT2D eigenvalue weighted by atomic mass is 16.5. The van der Waals surface area contributed by atoms with Crippen LogP contribution in [0.15, 0.2) is 54.7 Å². The fraction of sp³-hybridized carbons (Fsp3) is 0.150. The summed E-state index contributed by atoms with van der Waals surface area (Å²) in [5, 5.41) is 4.18. The maximum absolute atomic E-state index is 12.3. The lowest BCUT2D eigenvalue weighted by Crippen LogP contribution is -2.21. The predicted molar refractivity (Wildman–Crippen MR) is 100 cm³/mol. The molecule has 0 atom stereocenters. The lowest BCUT2D eigenvalue weighted by molar-refractivity contribution is -0.119. The van der Waals surface area contributed by atoms with Crippen molar-refractivity contribution in [3.63, 3.8) is 0 Å². The van der Waals surface area contributed by atoms with E-state index in [-0.39, 0.29) is 5.69 Å². The molecular weight excluding hydrogens is 348 g/mol. The molecule has 0 spiro atoms. The highest BCUT2D eigenvalue weighted by molar-refractivity contribution is 6.03. The zero-order valence-electron chi connectivity index (χ0n) is 14.9. The Hall–Kier alpha value is -3.61. The van der Waals surface area contributed by atoms with E-state index < -0.39 is 18.5 Å². The van der Waals surface area contributed by atoms with Crippen LogP contribution in [0.5, 0.6) is 11.5 Å². The Labute approximate surface area is 155 Å². The van der Waals surface area contributed by atoms with Gasteiger partial charge in [-0.1, -0.05) is 24.3 Å². The van der Waals surface area contributed by atoms with Crippen molar-refractivity contribution in [1.29, 1.82) is 0 Å². The molecule has 1 N–H and O–H groups in total. The molecule has 3 rings (SSSR count). The topological polar surface area (TPSA) is 86.8 Å². The molecule has 7 nitrogen and oxygen atoms in total. The van der Waals surface area contributed by atoms with Gasteiger partial charge in [-0.05, 0) is 23.6 Å². The second-order valence-corrected chi connectivity index (χ2v) is 5.57. The molecule has 0 unspecified atom stereocenters. The number of hydrogen-bond donors (Lipinski definition) is 1. The minimum Gasteiger partial charge on any atom is -0.497 e. The van der Waals surface area contributed by atoms with Crippen LogP contribution in [-0.4, -0.2) is 37.7 Å². The Morgan fingerprint density at radius 3 is 2.63 bits per heavy atom. The van der Waals surface area contributed by atoms with Crippen molar-refractivity contribution >= 4 is 28.3 Å². The maximum Gasteiger partial charge on any atom is 0.358 e. The average Bonchev–Trinajstić information content (AvgIpc) is 2.71. The molecule has 7 heteroatoms. The minimum absolute atomic E-state index is 0.169. The van der Waals surface area contributed by atoms with E-state index >= 15 is 0 Å². The number of benzene rings is 2. The van der Waals surface area contributed by atoms with Gasteiger partial charge >= 0.3 is 5.97 Å². The molecule has 0 saturated heterocycles. The lowest BCUT2D eigenvalue weighted by atomic mass is 10.1. The second kappa shape index (κ2) is 8.18. The first-order valence-corrected chi connectivity index (χ1v) is 8.15. The standard InChI is InChI=1S/C20H18N2O5/c1-25-14-7-8-16(17(11-14)26-2)22-18(23)12-27-20(24)19-15-6-4-3-5-13(15)9-10-21-19/h3-11H,12H2,1-2H3,(H,22,23). The number of rotatable bonds is 6. The van der Waals surface area contributed by atoms with Crippen molar-refractivity contribution in [2.24, 2.45) is 0 Å². The summed E-state index contributed by atoms with van der Waals surface area (Å²) in [6.07, 6.45) is 1.53. The largest absolute Gasteiger partial charge is 0.497 e. The summed E-state index contributed by atoms with van der Waals surface area (Å²) in [5.41, 5.74) is 0.616. The van der Waals surface area contributed by atoms with Crippen LogP contribution in [0.25, 0.3) is 10.8 Å². The highest BCUT2D eigenvalue weighted by Crippen LogP contribution is 2.28. The molecule has 1 aromatic heterocycles. The van der Waals surface area contributed by atoms with Gasteiger partial charge in [-0.3, -0.25) is 4.79 Å². The van der Waals surface area contributed by atoms with Crippen LogP contribution in [0.3, 0.4) is 0 Å². The summed E-state index contributed by atoms with van der Waals surface area (Å²) < 4.78 is 15.4. The van der Waals surface area contributed by atoms with E-state index in [4.69, 9.17) is 14.2 Å². The Morgan fingerprint density at radius 1 is 1.04 bits per heavy atom. The summed E-state index contributed by atoms with van der Waals surface area (Å²) in [5.74, 6) is -0.126. The van der Waals surface area contributed by atoms with Crippen molar-refractivity contribution in [1.82, 2.24) is 4.98 Å². The van der Waals surface area contributed by atoms with Crippen LogP contribution in [0.4, 0.5) is 5.69 Å². The van der Waals surface area contributed by atoms with Crippen LogP contribution >= 0.6 is 0 Å². The third kappa shape index (κ3) is 4.14. The number of aromatic nitrogens is 1. The number of nitrogens with one attached hydrogen (secondary N) is 1. The molecular formula is C20H18N2O5. The van der Waals surface area contributed by atoms with Gasteiger partial charge in [0.2, 0.25) is 0 Å². The van der Waals surface area contributed by atoms with Gasteiger partial charge in [0, 0.05) is 17.6 Å². The molecule has 3 aromatic rings. The highest BCUT2D eigenvalue weighted by Gasteiger charge is 2.16. The molecule has 0 aliphatic rings. The number of methoxy groups -OCH3 is 2. The maximum atomic E-state index is 12.3. The van der Waals surface area contributed by atoms with Gasteiger partial charge in [-0.2, -0.15) is 0 Å². The Kier molecular flexibility index (Phi) is 5.51. The van der Waals surface area contributed by atoms with E-state index in [2.05, 4.69) is 10.3 Å². The van der Waals surface area contributed by atoms with Gasteiger partial charge < -0.3 is 19.5 Å². The number of fused-ring (bicyclic) bond motifs is 1. The van der Waals surface area contributed by atoms with E-state index in [0.29, 0.717) is 22.6 Å². The number of carbonyl (C=O) groups excluding carboxylic acids is 2. The molecule has 27 heavy (non-hydrogen) atoms. The molecule has 1 heterocycles. The van der Waals surface area contributed by atoms with Gasteiger partial charge in [0.15, 0.2) is 12.3 Å². The van der Waals surface area contributed by atoms with Crippen molar-refractivity contribution in [3.05, 3.63) is 60.4 Å². The summed E-state index contributed by atoms with van der Waals surface area (Å²) in [4.78, 5) is 28.5. The summed E-state index contributed by atoms with van der Waals surface area (Å²) in [6.45, 7) is -0.446. The van der Waals surface area contributed by atoms with Crippen molar-refractivity contribution in [2.75, 3.05) is 26.1 Å². The number of amides is 1. The van der Waals surface area contributed by atoms with Gasteiger partial charge in [0.1, 0.15) is 11.5 Å². The normalized spacial score (nSPS) is 10.3. The molecule has 0 saturated carbocycles. The zero-order chi connectivity index (χ0) is 19.2. The summed E-state index contributed by atoms with van der Waals surface area (Å²) >= 11 is 0. The van der Waals surface area contributed by atoms with Crippen molar-refractivity contribution < 1.29 is 23.8 Å². The quantitative estimate of drug-likeness (QED) is 0.675. The van der Waals surface area contributed by atoms with Gasteiger partial charge in [0.25, 0.3) is 5.91 Å². The van der Waals surface area contributed by atoms with E-state index in [9.17, 15) is 9.59 Å². The molecule has 0 radical (unpaired) electrons. The number of anilines is 1. The average molecular weight is 366 g/mol. The van der Waals surface area contributed by atoms with Crippen LogP contribution in [0.2, 0.25) is 0 Å². The smallest absolute Gasteiger partial charge is 0.358 e. The lowest BCUT2D eigenvalue weighted by Gasteiger charge is -2.12. The fourth-order valence-corrected chi connectivity index (χ4v) is 2.57. The van der Waals surface area contributed by atoms with Crippen molar-refractivity contribution in [2.45, 2.75) is 0 Å². The predicted octanol–water partition coefficient (Wildman–Crippen LogP) is 3.05. The molecule has 138 valence electrons. The fourth-order valence-electron chi connectivity index (χ4n) is 2.57. The van der Waals surface area contributed by atoms with Crippen molar-refractivity contribution in [3.8, 4) is 11.5 Å². The van der Waals surface area contributed by atoms with E-state index in [1.165, 1.54) is 20.4 Å². The molecule has 0 bridgehead atoms. The second-order valence-electron chi connectivity index (χ2n) is 5.57. The Balaban J connectivity index is 1.66. The number of nitrogens with zero attached hydrogens (tertiary/aromatic N) is 1. The molecule has 0 aliphatic carbocycles. The Bertz CT molecular complexity index is 982. The first-order chi connectivity index (χ1) is 13.1. The van der Waals surface area contributed by atoms with Gasteiger partial charge in [-0.25, -0.2) is 9.78 Å². The number of esters is 1. The number of pyridine rings is 1. The third-order valence-electron chi connectivity index (χ3n) is 3.88. The van der Waals surface area contributed by atoms with E-state index in [1.807, 2.05) is 18.2 Å².